The van der Waals surface area contributed by atoms with Crippen LogP contribution in [0.2, 0.25) is 0 Å². The molecule has 0 aliphatic rings. The van der Waals surface area contributed by atoms with Crippen LogP contribution in [0.3, 0.4) is 0 Å². The number of nitrogens with one attached hydrogen (secondary N) is 2. The molecule has 0 saturated carbocycles. The molecule has 0 spiro atoms. The van der Waals surface area contributed by atoms with Crippen LogP contribution in [0.1, 0.15) is 17.2 Å². The van der Waals surface area contributed by atoms with Crippen molar-refractivity contribution in [2.24, 2.45) is 5.73 Å². The molecule has 138 valence electrons. The number of carbonyl (C=O) groups is 2. The molecule has 7 heteroatoms. The Kier molecular flexibility index (Phi) is 7.11. The maximum absolute atomic E-state index is 13.1. The average Bonchev–Trinajstić information content (AvgIpc) is 2.67. The van der Waals surface area contributed by atoms with Gasteiger partial charge in [0, 0.05) is 0 Å². The first-order valence-corrected chi connectivity index (χ1v) is 8.16. The summed E-state index contributed by atoms with van der Waals surface area (Å²) in [6.07, 6.45) is 0.475. The zero-order chi connectivity index (χ0) is 18.9. The predicted octanol–water partition coefficient (Wildman–Crippen LogP) is 1.31. The smallest absolute Gasteiger partial charge is 0.239 e. The standard InChI is InChI=1S/C19H22FN3O3/c1-26-16-8-4-14(5-9-16)17(10-13-2-6-15(20)7-3-13)23-19(25)12-22-18(24)11-21/h2-9,17H,10-12,21H2,1H3,(H,22,24)(H,23,25). The van der Waals surface area contributed by atoms with Crippen molar-refractivity contribution in [3.63, 3.8) is 0 Å². The van der Waals surface area contributed by atoms with Gasteiger partial charge in [0.2, 0.25) is 11.8 Å². The molecule has 0 saturated heterocycles. The molecule has 0 fully saturated rings. The second-order valence-electron chi connectivity index (χ2n) is 5.70. The zero-order valence-electron chi connectivity index (χ0n) is 14.5. The molecule has 0 aliphatic carbocycles. The number of ether oxygens (including phenoxy) is 1. The van der Waals surface area contributed by atoms with Gasteiger partial charge >= 0.3 is 0 Å². The fourth-order valence-electron chi connectivity index (χ4n) is 2.44. The van der Waals surface area contributed by atoms with Gasteiger partial charge in [-0.3, -0.25) is 9.59 Å². The maximum Gasteiger partial charge on any atom is 0.239 e. The largest absolute Gasteiger partial charge is 0.497 e. The maximum atomic E-state index is 13.1. The zero-order valence-corrected chi connectivity index (χ0v) is 14.5. The highest BCUT2D eigenvalue weighted by Gasteiger charge is 2.16. The molecule has 1 unspecified atom stereocenters. The molecule has 2 amide bonds. The Morgan fingerprint density at radius 3 is 2.31 bits per heavy atom. The van der Waals surface area contributed by atoms with Crippen LogP contribution in [0.5, 0.6) is 5.75 Å². The monoisotopic (exact) mass is 359 g/mol. The number of nitrogens with two attached hydrogens (primary N) is 1. The summed E-state index contributed by atoms with van der Waals surface area (Å²) in [5.74, 6) is -0.353. The number of benzene rings is 2. The molecule has 6 nitrogen and oxygen atoms in total. The number of methoxy groups -OCH3 is 1. The highest BCUT2D eigenvalue weighted by Crippen LogP contribution is 2.21. The molecule has 26 heavy (non-hydrogen) atoms. The van der Waals surface area contributed by atoms with E-state index in [1.807, 2.05) is 12.1 Å². The summed E-state index contributed by atoms with van der Waals surface area (Å²) in [5.41, 5.74) is 6.95. The Labute approximate surface area is 151 Å². The Morgan fingerprint density at radius 2 is 1.73 bits per heavy atom. The normalized spacial score (nSPS) is 11.5. The number of amides is 2. The van der Waals surface area contributed by atoms with Crippen LogP contribution in [-0.4, -0.2) is 32.0 Å². The fraction of sp³-hybridized carbons (Fsp3) is 0.263. The van der Waals surface area contributed by atoms with Gasteiger partial charge in [-0.25, -0.2) is 4.39 Å². The van der Waals surface area contributed by atoms with Gasteiger partial charge in [-0.05, 0) is 41.8 Å². The van der Waals surface area contributed by atoms with Crippen LogP contribution < -0.4 is 21.1 Å². The molecule has 0 aromatic heterocycles. The van der Waals surface area contributed by atoms with Crippen LogP contribution in [0.15, 0.2) is 48.5 Å². The van der Waals surface area contributed by atoms with Crippen LogP contribution in [0.4, 0.5) is 4.39 Å². The second kappa shape index (κ2) is 9.53. The van der Waals surface area contributed by atoms with Gasteiger partial charge in [-0.15, -0.1) is 0 Å². The Hall–Kier alpha value is -2.93. The van der Waals surface area contributed by atoms with E-state index in [-0.39, 0.29) is 30.9 Å². The minimum atomic E-state index is -0.403. The second-order valence-corrected chi connectivity index (χ2v) is 5.70. The average molecular weight is 359 g/mol. The van der Waals surface area contributed by atoms with Crippen LogP contribution in [0.25, 0.3) is 0 Å². The summed E-state index contributed by atoms with van der Waals surface area (Å²) in [5, 5.41) is 5.32. The van der Waals surface area contributed by atoms with E-state index >= 15 is 0 Å². The van der Waals surface area contributed by atoms with E-state index in [9.17, 15) is 14.0 Å². The molecule has 0 bridgehead atoms. The van der Waals surface area contributed by atoms with Crippen molar-refractivity contribution in [2.75, 3.05) is 20.2 Å². The van der Waals surface area contributed by atoms with Gasteiger partial charge in [0.15, 0.2) is 0 Å². The van der Waals surface area contributed by atoms with E-state index in [4.69, 9.17) is 10.5 Å². The third-order valence-electron chi connectivity index (χ3n) is 3.84. The minimum Gasteiger partial charge on any atom is -0.497 e. The van der Waals surface area contributed by atoms with Gasteiger partial charge in [-0.1, -0.05) is 24.3 Å². The number of rotatable bonds is 8. The van der Waals surface area contributed by atoms with Gasteiger partial charge in [-0.2, -0.15) is 0 Å². The van der Waals surface area contributed by atoms with Crippen LogP contribution >= 0.6 is 0 Å². The highest BCUT2D eigenvalue weighted by atomic mass is 19.1. The Morgan fingerprint density at radius 1 is 1.08 bits per heavy atom. The van der Waals surface area contributed by atoms with Crippen molar-refractivity contribution in [3.8, 4) is 5.75 Å². The summed E-state index contributed by atoms with van der Waals surface area (Å²) in [4.78, 5) is 23.4. The van der Waals surface area contributed by atoms with Gasteiger partial charge in [0.05, 0.1) is 26.2 Å². The molecule has 1 atom stereocenters. The molecule has 2 rings (SSSR count). The Bertz CT molecular complexity index is 733. The van der Waals surface area contributed by atoms with Crippen molar-refractivity contribution in [2.45, 2.75) is 12.5 Å². The van der Waals surface area contributed by atoms with E-state index in [0.29, 0.717) is 12.2 Å². The lowest BCUT2D eigenvalue weighted by molar-refractivity contribution is -0.125. The quantitative estimate of drug-likeness (QED) is 0.662. The minimum absolute atomic E-state index is 0.161. The summed E-state index contributed by atoms with van der Waals surface area (Å²) in [6, 6.07) is 13.1. The molecule has 2 aromatic carbocycles. The lowest BCUT2D eigenvalue weighted by atomic mass is 9.98. The molecule has 0 radical (unpaired) electrons. The Balaban J connectivity index is 2.12. The number of halogens is 1. The SMILES string of the molecule is COc1ccc(C(Cc2ccc(F)cc2)NC(=O)CNC(=O)CN)cc1. The van der Waals surface area contributed by atoms with Gasteiger partial charge in [0.1, 0.15) is 11.6 Å². The van der Waals surface area contributed by atoms with Crippen molar-refractivity contribution < 1.29 is 18.7 Å². The van der Waals surface area contributed by atoms with E-state index in [1.165, 1.54) is 12.1 Å². The third-order valence-corrected chi connectivity index (χ3v) is 3.84. The topological polar surface area (TPSA) is 93.5 Å². The number of hydrogen-bond donors (Lipinski definition) is 3. The highest BCUT2D eigenvalue weighted by molar-refractivity contribution is 5.85. The molecular weight excluding hydrogens is 337 g/mol. The lowest BCUT2D eigenvalue weighted by Gasteiger charge is -2.20. The summed E-state index contributed by atoms with van der Waals surface area (Å²) < 4.78 is 18.3. The summed E-state index contributed by atoms with van der Waals surface area (Å²) in [7, 11) is 1.58. The van der Waals surface area contributed by atoms with Crippen molar-refractivity contribution >= 4 is 11.8 Å². The molecule has 0 aliphatic heterocycles. The lowest BCUT2D eigenvalue weighted by Crippen LogP contribution is -2.41. The van der Waals surface area contributed by atoms with Gasteiger partial charge < -0.3 is 21.1 Å². The molecule has 4 N–H and O–H groups in total. The molecule has 0 heterocycles. The van der Waals surface area contributed by atoms with E-state index < -0.39 is 5.91 Å². The van der Waals surface area contributed by atoms with E-state index in [0.717, 1.165) is 11.1 Å². The van der Waals surface area contributed by atoms with Crippen molar-refractivity contribution in [1.82, 2.24) is 10.6 Å². The molecule has 2 aromatic rings. The summed E-state index contributed by atoms with van der Waals surface area (Å²) >= 11 is 0. The molecular formula is C19H22FN3O3. The van der Waals surface area contributed by atoms with Crippen molar-refractivity contribution in [3.05, 3.63) is 65.5 Å². The van der Waals surface area contributed by atoms with E-state index in [2.05, 4.69) is 10.6 Å². The van der Waals surface area contributed by atoms with Crippen LogP contribution in [0, 0.1) is 5.82 Å². The predicted molar refractivity (Wildman–Crippen MR) is 96.0 cm³/mol. The first-order valence-electron chi connectivity index (χ1n) is 8.16. The van der Waals surface area contributed by atoms with Gasteiger partial charge in [0.25, 0.3) is 0 Å². The van der Waals surface area contributed by atoms with Crippen molar-refractivity contribution in [1.29, 1.82) is 0 Å². The number of carbonyl (C=O) groups excluding carboxylic acids is 2. The van der Waals surface area contributed by atoms with Crippen LogP contribution in [-0.2, 0) is 16.0 Å². The number of hydrogen-bond acceptors (Lipinski definition) is 4. The van der Waals surface area contributed by atoms with E-state index in [1.54, 1.807) is 31.4 Å². The summed E-state index contributed by atoms with van der Waals surface area (Å²) in [6.45, 7) is -0.336. The first kappa shape index (κ1) is 19.4. The third kappa shape index (κ3) is 5.86. The first-order chi connectivity index (χ1) is 12.5. The fourth-order valence-corrected chi connectivity index (χ4v) is 2.44.